The summed E-state index contributed by atoms with van der Waals surface area (Å²) in [4.78, 5) is 1.40. The SMILES string of the molecule is CCCNCc1ccccc1SCC1CCCO1. The standard InChI is InChI=1S/C15H23NOS/c1-2-9-16-11-13-6-3-4-8-15(13)18-12-14-7-5-10-17-14/h3-4,6,8,14,16H,2,5,7,9-12H2,1H3. The summed E-state index contributed by atoms with van der Waals surface area (Å²) in [5, 5.41) is 3.48. The van der Waals surface area contributed by atoms with Crippen molar-refractivity contribution in [2.75, 3.05) is 18.9 Å². The van der Waals surface area contributed by atoms with Gasteiger partial charge >= 0.3 is 0 Å². The zero-order valence-electron chi connectivity index (χ0n) is 11.2. The molecule has 3 heteroatoms. The lowest BCUT2D eigenvalue weighted by Gasteiger charge is -2.12. The molecule has 0 saturated carbocycles. The maximum absolute atomic E-state index is 5.68. The van der Waals surface area contributed by atoms with Crippen LogP contribution in [-0.4, -0.2) is 25.0 Å². The highest BCUT2D eigenvalue weighted by molar-refractivity contribution is 7.99. The van der Waals surface area contributed by atoms with E-state index in [2.05, 4.69) is 36.5 Å². The molecule has 0 amide bonds. The number of thioether (sulfide) groups is 1. The monoisotopic (exact) mass is 265 g/mol. The van der Waals surface area contributed by atoms with E-state index in [1.807, 2.05) is 11.8 Å². The molecule has 2 rings (SSSR count). The van der Waals surface area contributed by atoms with Crippen LogP contribution in [0.2, 0.25) is 0 Å². The highest BCUT2D eigenvalue weighted by Gasteiger charge is 2.16. The van der Waals surface area contributed by atoms with Crippen LogP contribution in [0.4, 0.5) is 0 Å². The third kappa shape index (κ3) is 4.30. The molecule has 2 nitrogen and oxygen atoms in total. The van der Waals surface area contributed by atoms with Crippen LogP contribution in [0.5, 0.6) is 0 Å². The number of ether oxygens (including phenoxy) is 1. The van der Waals surface area contributed by atoms with Crippen molar-refractivity contribution in [1.82, 2.24) is 5.32 Å². The average molecular weight is 265 g/mol. The fourth-order valence-electron chi connectivity index (χ4n) is 2.15. The summed E-state index contributed by atoms with van der Waals surface area (Å²) in [7, 11) is 0. The Hall–Kier alpha value is -0.510. The molecule has 0 aliphatic carbocycles. The first-order valence-electron chi connectivity index (χ1n) is 6.93. The molecule has 100 valence electrons. The minimum atomic E-state index is 0.464. The van der Waals surface area contributed by atoms with Crippen LogP contribution in [0.15, 0.2) is 29.2 Å². The summed E-state index contributed by atoms with van der Waals surface area (Å²) in [6.07, 6.45) is 4.10. The first-order valence-corrected chi connectivity index (χ1v) is 7.91. The third-order valence-electron chi connectivity index (χ3n) is 3.16. The summed E-state index contributed by atoms with van der Waals surface area (Å²) in [5.41, 5.74) is 1.41. The van der Waals surface area contributed by atoms with Crippen molar-refractivity contribution in [3.63, 3.8) is 0 Å². The van der Waals surface area contributed by atoms with Crippen LogP contribution in [0.25, 0.3) is 0 Å². The van der Waals surface area contributed by atoms with Gasteiger partial charge < -0.3 is 10.1 Å². The molecule has 1 aromatic rings. The third-order valence-corrected chi connectivity index (χ3v) is 4.41. The predicted molar refractivity (Wildman–Crippen MR) is 78.1 cm³/mol. The molecule has 1 aromatic carbocycles. The normalized spacial score (nSPS) is 19.3. The fourth-order valence-corrected chi connectivity index (χ4v) is 3.28. The lowest BCUT2D eigenvalue weighted by atomic mass is 10.2. The minimum Gasteiger partial charge on any atom is -0.377 e. The zero-order chi connectivity index (χ0) is 12.6. The van der Waals surface area contributed by atoms with Crippen molar-refractivity contribution in [3.8, 4) is 0 Å². The second-order valence-electron chi connectivity index (χ2n) is 4.73. The van der Waals surface area contributed by atoms with Crippen molar-refractivity contribution in [2.45, 2.75) is 43.7 Å². The first-order chi connectivity index (χ1) is 8.90. The molecule has 1 aliphatic rings. The maximum Gasteiger partial charge on any atom is 0.0669 e. The summed E-state index contributed by atoms with van der Waals surface area (Å²) in [5.74, 6) is 1.09. The van der Waals surface area contributed by atoms with Gasteiger partial charge in [0.1, 0.15) is 0 Å². The van der Waals surface area contributed by atoms with Gasteiger partial charge in [-0.15, -0.1) is 11.8 Å². The van der Waals surface area contributed by atoms with E-state index in [1.54, 1.807) is 0 Å². The van der Waals surface area contributed by atoms with Crippen LogP contribution < -0.4 is 5.32 Å². The quantitative estimate of drug-likeness (QED) is 0.602. The number of rotatable bonds is 7. The molecule has 1 fully saturated rings. The number of hydrogen-bond donors (Lipinski definition) is 1. The Morgan fingerprint density at radius 1 is 1.39 bits per heavy atom. The molecule has 0 bridgehead atoms. The second-order valence-corrected chi connectivity index (χ2v) is 5.79. The Balaban J connectivity index is 1.85. The van der Waals surface area contributed by atoms with Crippen molar-refractivity contribution in [1.29, 1.82) is 0 Å². The summed E-state index contributed by atoms with van der Waals surface area (Å²) >= 11 is 1.94. The molecule has 1 aliphatic heterocycles. The molecule has 0 radical (unpaired) electrons. The molecule has 18 heavy (non-hydrogen) atoms. The van der Waals surface area contributed by atoms with E-state index in [0.717, 1.165) is 25.4 Å². The average Bonchev–Trinajstić information content (AvgIpc) is 2.91. The zero-order valence-corrected chi connectivity index (χ0v) is 12.0. The van der Waals surface area contributed by atoms with E-state index in [1.165, 1.54) is 29.7 Å². The smallest absolute Gasteiger partial charge is 0.0669 e. The number of nitrogens with one attached hydrogen (secondary N) is 1. The topological polar surface area (TPSA) is 21.3 Å². The van der Waals surface area contributed by atoms with Crippen LogP contribution >= 0.6 is 11.8 Å². The van der Waals surface area contributed by atoms with Gasteiger partial charge in [-0.2, -0.15) is 0 Å². The summed E-state index contributed by atoms with van der Waals surface area (Å²) in [6.45, 7) is 5.21. The Morgan fingerprint density at radius 3 is 3.06 bits per heavy atom. The highest BCUT2D eigenvalue weighted by atomic mass is 32.2. The molecular weight excluding hydrogens is 242 g/mol. The Bertz CT molecular complexity index is 350. The molecule has 1 heterocycles. The number of hydrogen-bond acceptors (Lipinski definition) is 3. The van der Waals surface area contributed by atoms with Crippen molar-refractivity contribution >= 4 is 11.8 Å². The molecule has 1 N–H and O–H groups in total. The van der Waals surface area contributed by atoms with Gasteiger partial charge in [0.25, 0.3) is 0 Å². The van der Waals surface area contributed by atoms with Crippen molar-refractivity contribution in [3.05, 3.63) is 29.8 Å². The molecule has 1 saturated heterocycles. The largest absolute Gasteiger partial charge is 0.377 e. The van der Waals surface area contributed by atoms with Crippen molar-refractivity contribution in [2.24, 2.45) is 0 Å². The number of benzene rings is 1. The maximum atomic E-state index is 5.68. The lowest BCUT2D eigenvalue weighted by Crippen LogP contribution is -2.14. The van der Waals surface area contributed by atoms with E-state index < -0.39 is 0 Å². The van der Waals surface area contributed by atoms with E-state index in [-0.39, 0.29) is 0 Å². The fraction of sp³-hybridized carbons (Fsp3) is 0.600. The Kier molecular flexibility index (Phi) is 6.05. The van der Waals surface area contributed by atoms with Crippen LogP contribution in [0, 0.1) is 0 Å². The summed E-state index contributed by atoms with van der Waals surface area (Å²) in [6, 6.07) is 8.70. The van der Waals surface area contributed by atoms with Crippen molar-refractivity contribution < 1.29 is 4.74 Å². The first kappa shape index (κ1) is 13.9. The molecule has 1 atom stereocenters. The van der Waals surface area contributed by atoms with E-state index in [9.17, 15) is 0 Å². The predicted octanol–water partition coefficient (Wildman–Crippen LogP) is 3.46. The van der Waals surface area contributed by atoms with Crippen LogP contribution in [-0.2, 0) is 11.3 Å². The molecule has 0 spiro atoms. The van der Waals surface area contributed by atoms with Gasteiger partial charge in [-0.3, -0.25) is 0 Å². The van der Waals surface area contributed by atoms with Gasteiger partial charge in [0.05, 0.1) is 6.10 Å². The van der Waals surface area contributed by atoms with Gasteiger partial charge in [0.15, 0.2) is 0 Å². The van der Waals surface area contributed by atoms with Crippen LogP contribution in [0.1, 0.15) is 31.7 Å². The lowest BCUT2D eigenvalue weighted by molar-refractivity contribution is 0.129. The Labute approximate surface area is 114 Å². The van der Waals surface area contributed by atoms with Gasteiger partial charge in [-0.1, -0.05) is 25.1 Å². The van der Waals surface area contributed by atoms with E-state index >= 15 is 0 Å². The van der Waals surface area contributed by atoms with Gasteiger partial charge in [0.2, 0.25) is 0 Å². The highest BCUT2D eigenvalue weighted by Crippen LogP contribution is 2.26. The van der Waals surface area contributed by atoms with Gasteiger partial charge in [0, 0.05) is 23.8 Å². The molecular formula is C15H23NOS. The minimum absolute atomic E-state index is 0.464. The molecule has 0 aromatic heterocycles. The van der Waals surface area contributed by atoms with Gasteiger partial charge in [-0.05, 0) is 37.4 Å². The van der Waals surface area contributed by atoms with E-state index in [4.69, 9.17) is 4.74 Å². The molecule has 1 unspecified atom stereocenters. The van der Waals surface area contributed by atoms with Gasteiger partial charge in [-0.25, -0.2) is 0 Å². The summed E-state index contributed by atoms with van der Waals surface area (Å²) < 4.78 is 5.68. The second kappa shape index (κ2) is 7.82. The van der Waals surface area contributed by atoms with E-state index in [0.29, 0.717) is 6.10 Å². The van der Waals surface area contributed by atoms with Crippen LogP contribution in [0.3, 0.4) is 0 Å². The Morgan fingerprint density at radius 2 is 2.28 bits per heavy atom.